The molecule has 0 radical (unpaired) electrons. The predicted octanol–water partition coefficient (Wildman–Crippen LogP) is 2.33. The van der Waals surface area contributed by atoms with E-state index >= 15 is 0 Å². The monoisotopic (exact) mass is 439 g/mol. The number of piperidine rings is 1. The van der Waals surface area contributed by atoms with Crippen molar-refractivity contribution in [3.8, 4) is 0 Å². The van der Waals surface area contributed by atoms with E-state index in [0.29, 0.717) is 36.8 Å². The van der Waals surface area contributed by atoms with Gasteiger partial charge in [0.15, 0.2) is 5.60 Å². The Hall–Kier alpha value is -3.23. The maximum Gasteiger partial charge on any atom is 0.335 e. The smallest absolute Gasteiger partial charge is 0.335 e. The fourth-order valence-electron chi connectivity index (χ4n) is 3.90. The molecule has 8 heteroatoms. The first kappa shape index (κ1) is 23.4. The highest BCUT2D eigenvalue weighted by Gasteiger charge is 2.33. The summed E-state index contributed by atoms with van der Waals surface area (Å²) in [5.74, 6) is -1.86. The molecule has 1 atom stereocenters. The molecule has 0 aliphatic carbocycles. The molecule has 1 saturated heterocycles. The second-order valence-electron chi connectivity index (χ2n) is 8.40. The van der Waals surface area contributed by atoms with Gasteiger partial charge in [-0.25, -0.2) is 4.79 Å². The van der Waals surface area contributed by atoms with Crippen molar-refractivity contribution in [3.05, 3.63) is 65.2 Å². The van der Waals surface area contributed by atoms with Crippen LogP contribution < -0.4 is 11.1 Å². The number of benzene rings is 2. The van der Waals surface area contributed by atoms with Gasteiger partial charge in [0, 0.05) is 30.9 Å². The summed E-state index contributed by atoms with van der Waals surface area (Å²) >= 11 is 0. The number of carboxylic acids is 1. The Morgan fingerprint density at radius 3 is 2.47 bits per heavy atom. The van der Waals surface area contributed by atoms with E-state index in [-0.39, 0.29) is 5.91 Å². The number of nitrogens with one attached hydrogen (secondary N) is 1. The maximum atomic E-state index is 13.0. The van der Waals surface area contributed by atoms with Gasteiger partial charge >= 0.3 is 5.97 Å². The van der Waals surface area contributed by atoms with Gasteiger partial charge in [0.05, 0.1) is 6.42 Å². The number of carboxylic acid groups (broad SMARTS) is 1. The SMILES string of the molecule is C[C@](O)(CC(=O)Nc1cccc(C(=O)N2CCC(c3cccc(CN)c3)CC2)c1)C(=O)O. The zero-order valence-electron chi connectivity index (χ0n) is 18.1. The molecule has 1 heterocycles. The number of amides is 2. The summed E-state index contributed by atoms with van der Waals surface area (Å²) in [6.07, 6.45) is 1.13. The molecule has 0 spiro atoms. The van der Waals surface area contributed by atoms with E-state index in [9.17, 15) is 19.5 Å². The molecule has 5 N–H and O–H groups in total. The zero-order chi connectivity index (χ0) is 23.3. The molecule has 3 rings (SSSR count). The van der Waals surface area contributed by atoms with Crippen LogP contribution in [0.3, 0.4) is 0 Å². The van der Waals surface area contributed by atoms with E-state index in [2.05, 4.69) is 17.4 Å². The Labute approximate surface area is 187 Å². The number of hydrogen-bond donors (Lipinski definition) is 4. The van der Waals surface area contributed by atoms with Gasteiger partial charge < -0.3 is 26.2 Å². The van der Waals surface area contributed by atoms with Crippen molar-refractivity contribution in [2.45, 2.75) is 44.2 Å². The molecule has 0 bridgehead atoms. The Morgan fingerprint density at radius 1 is 1.12 bits per heavy atom. The largest absolute Gasteiger partial charge is 0.479 e. The first-order valence-corrected chi connectivity index (χ1v) is 10.6. The van der Waals surface area contributed by atoms with Crippen LogP contribution in [0.5, 0.6) is 0 Å². The third-order valence-electron chi connectivity index (χ3n) is 5.80. The molecule has 0 aromatic heterocycles. The summed E-state index contributed by atoms with van der Waals surface area (Å²) in [4.78, 5) is 37.9. The Morgan fingerprint density at radius 2 is 1.81 bits per heavy atom. The fourth-order valence-corrected chi connectivity index (χ4v) is 3.90. The van der Waals surface area contributed by atoms with Gasteiger partial charge in [-0.1, -0.05) is 30.3 Å². The van der Waals surface area contributed by atoms with Gasteiger partial charge in [-0.2, -0.15) is 0 Å². The van der Waals surface area contributed by atoms with Gasteiger partial charge in [0.2, 0.25) is 5.91 Å². The molecular weight excluding hydrogens is 410 g/mol. The van der Waals surface area contributed by atoms with Crippen LogP contribution in [0.15, 0.2) is 48.5 Å². The van der Waals surface area contributed by atoms with Gasteiger partial charge in [-0.3, -0.25) is 9.59 Å². The van der Waals surface area contributed by atoms with Crippen LogP contribution in [-0.4, -0.2) is 51.6 Å². The lowest BCUT2D eigenvalue weighted by atomic mass is 9.88. The van der Waals surface area contributed by atoms with E-state index in [1.165, 1.54) is 5.56 Å². The van der Waals surface area contributed by atoms with Gasteiger partial charge in [0.25, 0.3) is 5.91 Å². The molecule has 32 heavy (non-hydrogen) atoms. The summed E-state index contributed by atoms with van der Waals surface area (Å²) in [5.41, 5.74) is 6.75. The minimum Gasteiger partial charge on any atom is -0.479 e. The minimum atomic E-state index is -2.16. The third-order valence-corrected chi connectivity index (χ3v) is 5.80. The number of rotatable bonds is 7. The number of aliphatic hydroxyl groups is 1. The molecule has 1 aliphatic rings. The van der Waals surface area contributed by atoms with Crippen LogP contribution in [0, 0.1) is 0 Å². The normalized spacial score (nSPS) is 16.3. The number of aliphatic carboxylic acids is 1. The maximum absolute atomic E-state index is 13.0. The van der Waals surface area contributed by atoms with Crippen LogP contribution >= 0.6 is 0 Å². The van der Waals surface area contributed by atoms with Crippen LogP contribution in [-0.2, 0) is 16.1 Å². The zero-order valence-corrected chi connectivity index (χ0v) is 18.1. The second-order valence-corrected chi connectivity index (χ2v) is 8.40. The van der Waals surface area contributed by atoms with Crippen LogP contribution in [0.4, 0.5) is 5.69 Å². The molecule has 0 saturated carbocycles. The Balaban J connectivity index is 1.60. The summed E-state index contributed by atoms with van der Waals surface area (Å²) in [7, 11) is 0. The minimum absolute atomic E-state index is 0.118. The molecule has 2 aromatic carbocycles. The van der Waals surface area contributed by atoms with Crippen molar-refractivity contribution in [2.24, 2.45) is 5.73 Å². The van der Waals surface area contributed by atoms with Gasteiger partial charge in [-0.15, -0.1) is 0 Å². The molecule has 170 valence electrons. The molecular formula is C24H29N3O5. The summed E-state index contributed by atoms with van der Waals surface area (Å²) in [6.45, 7) is 2.83. The number of likely N-dealkylation sites (tertiary alicyclic amines) is 1. The van der Waals surface area contributed by atoms with Crippen molar-refractivity contribution in [2.75, 3.05) is 18.4 Å². The number of anilines is 1. The summed E-state index contributed by atoms with van der Waals surface area (Å²) in [6, 6.07) is 14.8. The van der Waals surface area contributed by atoms with Crippen LogP contribution in [0.1, 0.15) is 53.6 Å². The topological polar surface area (TPSA) is 133 Å². The average molecular weight is 440 g/mol. The Kier molecular flexibility index (Phi) is 7.27. The van der Waals surface area contributed by atoms with Crippen LogP contribution in [0.25, 0.3) is 0 Å². The predicted molar refractivity (Wildman–Crippen MR) is 120 cm³/mol. The second kappa shape index (κ2) is 9.93. The van der Waals surface area contributed by atoms with Crippen molar-refractivity contribution in [1.29, 1.82) is 0 Å². The lowest BCUT2D eigenvalue weighted by molar-refractivity contribution is -0.158. The van der Waals surface area contributed by atoms with Crippen molar-refractivity contribution >= 4 is 23.5 Å². The highest BCUT2D eigenvalue weighted by atomic mass is 16.4. The number of carbonyl (C=O) groups excluding carboxylic acids is 2. The van der Waals surface area contributed by atoms with E-state index < -0.39 is 23.9 Å². The molecule has 1 fully saturated rings. The van der Waals surface area contributed by atoms with Crippen LogP contribution in [0.2, 0.25) is 0 Å². The molecule has 2 amide bonds. The van der Waals surface area contributed by atoms with Crippen molar-refractivity contribution in [1.82, 2.24) is 4.90 Å². The van der Waals surface area contributed by atoms with Gasteiger partial charge in [0.1, 0.15) is 0 Å². The highest BCUT2D eigenvalue weighted by Crippen LogP contribution is 2.29. The number of nitrogens with zero attached hydrogens (tertiary/aromatic N) is 1. The van der Waals surface area contributed by atoms with Crippen molar-refractivity contribution < 1.29 is 24.6 Å². The first-order chi connectivity index (χ1) is 15.2. The highest BCUT2D eigenvalue weighted by molar-refractivity contribution is 5.98. The summed E-state index contributed by atoms with van der Waals surface area (Å²) in [5, 5.41) is 21.3. The molecule has 0 unspecified atom stereocenters. The average Bonchev–Trinajstić information content (AvgIpc) is 2.78. The number of nitrogens with two attached hydrogens (primary N) is 1. The lowest BCUT2D eigenvalue weighted by Crippen LogP contribution is -2.39. The quantitative estimate of drug-likeness (QED) is 0.523. The number of hydrogen-bond acceptors (Lipinski definition) is 5. The lowest BCUT2D eigenvalue weighted by Gasteiger charge is -2.32. The van der Waals surface area contributed by atoms with E-state index in [0.717, 1.165) is 25.3 Å². The summed E-state index contributed by atoms with van der Waals surface area (Å²) < 4.78 is 0. The molecule has 8 nitrogen and oxygen atoms in total. The fraction of sp³-hybridized carbons (Fsp3) is 0.375. The van der Waals surface area contributed by atoms with Gasteiger partial charge in [-0.05, 0) is 55.0 Å². The first-order valence-electron chi connectivity index (χ1n) is 10.6. The molecule has 2 aromatic rings. The Bertz CT molecular complexity index is 997. The molecule has 1 aliphatic heterocycles. The standard InChI is InChI=1S/C24H29N3O5/c1-24(32,23(30)31)14-21(28)26-20-7-3-6-19(13-20)22(29)27-10-8-17(9-11-27)18-5-2-4-16(12-18)15-25/h2-7,12-13,17,32H,8-11,14-15,25H2,1H3,(H,26,28)(H,30,31)/t24-/m0/s1. The van der Waals surface area contributed by atoms with E-state index in [4.69, 9.17) is 10.8 Å². The number of carbonyl (C=O) groups is 3. The van der Waals surface area contributed by atoms with Crippen molar-refractivity contribution in [3.63, 3.8) is 0 Å². The van der Waals surface area contributed by atoms with E-state index in [1.807, 2.05) is 12.1 Å². The van der Waals surface area contributed by atoms with E-state index in [1.54, 1.807) is 29.2 Å². The third kappa shape index (κ3) is 5.72.